The van der Waals surface area contributed by atoms with Gasteiger partial charge in [0.1, 0.15) is 0 Å². The van der Waals surface area contributed by atoms with Gasteiger partial charge in [0.05, 0.1) is 34.5 Å². The fourth-order valence-electron chi connectivity index (χ4n) is 3.88. The first kappa shape index (κ1) is 25.1. The normalized spacial score (nSPS) is 17.8. The van der Waals surface area contributed by atoms with Gasteiger partial charge in [-0.3, -0.25) is 14.9 Å². The summed E-state index contributed by atoms with van der Waals surface area (Å²) in [5.41, 5.74) is -2.57. The van der Waals surface area contributed by atoms with Gasteiger partial charge in [0.25, 0.3) is 5.91 Å². The molecule has 188 valence electrons. The van der Waals surface area contributed by atoms with Gasteiger partial charge in [-0.1, -0.05) is 18.2 Å². The average molecular weight is 509 g/mol. The average Bonchev–Trinajstić information content (AvgIpc) is 2.80. The molecule has 3 aromatic rings. The summed E-state index contributed by atoms with van der Waals surface area (Å²) < 4.78 is 80.9. The lowest BCUT2D eigenvalue weighted by molar-refractivity contribution is -0.143. The number of alkyl halides is 6. The fourth-order valence-corrected chi connectivity index (χ4v) is 3.88. The molecule has 2 amide bonds. The van der Waals surface area contributed by atoms with Crippen molar-refractivity contribution in [2.24, 2.45) is 0 Å². The van der Waals surface area contributed by atoms with Crippen LogP contribution in [0.3, 0.4) is 0 Å². The summed E-state index contributed by atoms with van der Waals surface area (Å²) in [4.78, 5) is 30.2. The van der Waals surface area contributed by atoms with Crippen molar-refractivity contribution in [1.29, 1.82) is 0 Å². The molecule has 0 bridgehead atoms. The summed E-state index contributed by atoms with van der Waals surface area (Å²) >= 11 is 0. The molecule has 1 aliphatic rings. The Morgan fingerprint density at radius 2 is 1.53 bits per heavy atom. The van der Waals surface area contributed by atoms with Crippen molar-refractivity contribution in [3.05, 3.63) is 81.7 Å². The lowest BCUT2D eigenvalue weighted by atomic mass is 9.80. The topological polar surface area (TPSA) is 96.9 Å². The highest BCUT2D eigenvalue weighted by atomic mass is 19.4. The summed E-state index contributed by atoms with van der Waals surface area (Å²) in [5.74, 6) is -3.23. The SMILES string of the molecule is Cc1nnc(NC(=O)C2c3ccccc3C(=O)NC2c2cc(C(F)(F)F)cc(C(F)(F)F)c2)nc1C. The van der Waals surface area contributed by atoms with Crippen LogP contribution in [-0.2, 0) is 17.1 Å². The largest absolute Gasteiger partial charge is 0.416 e. The molecule has 0 saturated carbocycles. The summed E-state index contributed by atoms with van der Waals surface area (Å²) in [7, 11) is 0. The van der Waals surface area contributed by atoms with E-state index in [1.54, 1.807) is 13.8 Å². The third-order valence-electron chi connectivity index (χ3n) is 5.74. The number of carbonyl (C=O) groups excluding carboxylic acids is 2. The number of aryl methyl sites for hydroxylation is 2. The van der Waals surface area contributed by atoms with Gasteiger partial charge in [-0.25, -0.2) is 4.98 Å². The molecular weight excluding hydrogens is 492 g/mol. The lowest BCUT2D eigenvalue weighted by Crippen LogP contribution is -2.43. The van der Waals surface area contributed by atoms with E-state index in [9.17, 15) is 35.9 Å². The minimum Gasteiger partial charge on any atom is -0.344 e. The van der Waals surface area contributed by atoms with Crippen molar-refractivity contribution < 1.29 is 35.9 Å². The first-order valence-corrected chi connectivity index (χ1v) is 10.4. The molecule has 4 rings (SSSR count). The van der Waals surface area contributed by atoms with Crippen LogP contribution in [0.15, 0.2) is 42.5 Å². The van der Waals surface area contributed by atoms with E-state index in [2.05, 4.69) is 25.8 Å². The minimum atomic E-state index is -5.11. The molecule has 1 aromatic heterocycles. The van der Waals surface area contributed by atoms with Crippen LogP contribution in [0, 0.1) is 13.8 Å². The number of hydrogen-bond acceptors (Lipinski definition) is 5. The zero-order chi connectivity index (χ0) is 26.4. The standard InChI is InChI=1S/C23H17F6N5O2/c1-10-11(2)33-34-21(30-10)32-20(36)17-15-5-3-4-6-16(15)19(35)31-18(17)12-7-13(22(24,25)26)9-14(8-12)23(27,28)29/h3-9,17-18H,1-2H3,(H,31,35)(H,30,32,34,36). The Morgan fingerprint density at radius 3 is 2.11 bits per heavy atom. The number of carbonyl (C=O) groups is 2. The summed E-state index contributed by atoms with van der Waals surface area (Å²) in [6.07, 6.45) is -10.2. The monoisotopic (exact) mass is 509 g/mol. The Hall–Kier alpha value is -4.03. The zero-order valence-electron chi connectivity index (χ0n) is 18.6. The molecule has 2 heterocycles. The van der Waals surface area contributed by atoms with Gasteiger partial charge in [-0.2, -0.15) is 31.4 Å². The van der Waals surface area contributed by atoms with Crippen LogP contribution in [0.1, 0.15) is 56.0 Å². The Balaban J connectivity index is 1.86. The Kier molecular flexibility index (Phi) is 6.18. The molecular formula is C23H17F6N5O2. The summed E-state index contributed by atoms with van der Waals surface area (Å²) in [5, 5.41) is 12.4. The van der Waals surface area contributed by atoms with Crippen molar-refractivity contribution >= 4 is 17.8 Å². The number of amides is 2. The fraction of sp³-hybridized carbons (Fsp3) is 0.261. The van der Waals surface area contributed by atoms with E-state index in [0.29, 0.717) is 23.5 Å². The van der Waals surface area contributed by atoms with E-state index in [1.807, 2.05) is 0 Å². The highest BCUT2D eigenvalue weighted by Gasteiger charge is 2.43. The smallest absolute Gasteiger partial charge is 0.344 e. The second-order valence-electron chi connectivity index (χ2n) is 8.15. The number of rotatable bonds is 3. The van der Waals surface area contributed by atoms with Crippen LogP contribution in [0.4, 0.5) is 32.3 Å². The van der Waals surface area contributed by atoms with Crippen LogP contribution in [0.5, 0.6) is 0 Å². The van der Waals surface area contributed by atoms with E-state index in [0.717, 1.165) is 0 Å². The van der Waals surface area contributed by atoms with E-state index < -0.39 is 52.8 Å². The number of benzene rings is 2. The van der Waals surface area contributed by atoms with Crippen molar-refractivity contribution in [2.45, 2.75) is 38.2 Å². The van der Waals surface area contributed by atoms with Gasteiger partial charge in [-0.15, -0.1) is 5.10 Å². The highest BCUT2D eigenvalue weighted by Crippen LogP contribution is 2.42. The number of aromatic nitrogens is 3. The highest BCUT2D eigenvalue weighted by molar-refractivity contribution is 6.04. The second kappa shape index (κ2) is 8.88. The molecule has 36 heavy (non-hydrogen) atoms. The second-order valence-corrected chi connectivity index (χ2v) is 8.15. The predicted octanol–water partition coefficient (Wildman–Crippen LogP) is 4.73. The first-order chi connectivity index (χ1) is 16.8. The molecule has 0 fully saturated rings. The number of nitrogens with one attached hydrogen (secondary N) is 2. The third-order valence-corrected chi connectivity index (χ3v) is 5.74. The van der Waals surface area contributed by atoms with Gasteiger partial charge in [0.15, 0.2) is 0 Å². The third kappa shape index (κ3) is 4.86. The minimum absolute atomic E-state index is 0.0221. The maximum Gasteiger partial charge on any atom is 0.416 e. The molecule has 0 radical (unpaired) electrons. The number of fused-ring (bicyclic) bond motifs is 1. The van der Waals surface area contributed by atoms with E-state index in [1.165, 1.54) is 24.3 Å². The molecule has 0 saturated heterocycles. The van der Waals surface area contributed by atoms with Crippen molar-refractivity contribution in [1.82, 2.24) is 20.5 Å². The molecule has 1 aliphatic heterocycles. The van der Waals surface area contributed by atoms with Gasteiger partial charge >= 0.3 is 12.4 Å². The Morgan fingerprint density at radius 1 is 0.917 bits per heavy atom. The Bertz CT molecular complexity index is 1320. The van der Waals surface area contributed by atoms with Crippen LogP contribution in [0.2, 0.25) is 0 Å². The zero-order valence-corrected chi connectivity index (χ0v) is 18.6. The molecule has 0 aliphatic carbocycles. The number of nitrogens with zero attached hydrogens (tertiary/aromatic N) is 3. The quantitative estimate of drug-likeness (QED) is 0.498. The molecule has 2 atom stereocenters. The molecule has 2 N–H and O–H groups in total. The summed E-state index contributed by atoms with van der Waals surface area (Å²) in [6.45, 7) is 3.25. The molecule has 2 unspecified atom stereocenters. The predicted molar refractivity (Wildman–Crippen MR) is 114 cm³/mol. The van der Waals surface area contributed by atoms with Crippen LogP contribution in [-0.4, -0.2) is 27.0 Å². The van der Waals surface area contributed by atoms with E-state index in [-0.39, 0.29) is 23.1 Å². The number of hydrogen-bond donors (Lipinski definition) is 2. The number of halogens is 6. The van der Waals surface area contributed by atoms with Crippen LogP contribution in [0.25, 0.3) is 0 Å². The Labute approximate surface area is 200 Å². The van der Waals surface area contributed by atoms with Gasteiger partial charge in [0.2, 0.25) is 11.9 Å². The van der Waals surface area contributed by atoms with Crippen molar-refractivity contribution in [2.75, 3.05) is 5.32 Å². The van der Waals surface area contributed by atoms with Gasteiger partial charge < -0.3 is 5.32 Å². The van der Waals surface area contributed by atoms with Crippen LogP contribution >= 0.6 is 0 Å². The summed E-state index contributed by atoms with van der Waals surface area (Å²) in [6, 6.07) is 5.20. The van der Waals surface area contributed by atoms with E-state index >= 15 is 0 Å². The molecule has 0 spiro atoms. The maximum atomic E-state index is 13.5. The van der Waals surface area contributed by atoms with Crippen molar-refractivity contribution in [3.63, 3.8) is 0 Å². The molecule has 13 heteroatoms. The van der Waals surface area contributed by atoms with E-state index in [4.69, 9.17) is 0 Å². The van der Waals surface area contributed by atoms with Crippen LogP contribution < -0.4 is 10.6 Å². The lowest BCUT2D eigenvalue weighted by Gasteiger charge is -2.34. The first-order valence-electron chi connectivity index (χ1n) is 10.4. The van der Waals surface area contributed by atoms with Gasteiger partial charge in [-0.05, 0) is 49.2 Å². The van der Waals surface area contributed by atoms with Gasteiger partial charge in [0, 0.05) is 5.56 Å². The molecule has 2 aromatic carbocycles. The van der Waals surface area contributed by atoms with Crippen molar-refractivity contribution in [3.8, 4) is 0 Å². The maximum absolute atomic E-state index is 13.5. The number of anilines is 1. The molecule has 7 nitrogen and oxygen atoms in total.